The fraction of sp³-hybridized carbons (Fsp3) is 0.500. The minimum Gasteiger partial charge on any atom is -0.440 e. The number of hydrogen-bond donors (Lipinski definition) is 0. The first-order chi connectivity index (χ1) is 11.8. The molecule has 0 N–H and O–H groups in total. The quantitative estimate of drug-likeness (QED) is 0.732. The van der Waals surface area contributed by atoms with Gasteiger partial charge in [0.05, 0.1) is 6.54 Å². The van der Waals surface area contributed by atoms with Gasteiger partial charge in [-0.2, -0.15) is 0 Å². The van der Waals surface area contributed by atoms with Crippen molar-refractivity contribution >= 4 is 11.1 Å². The highest BCUT2D eigenvalue weighted by Crippen LogP contribution is 2.39. The van der Waals surface area contributed by atoms with Crippen LogP contribution in [0.25, 0.3) is 11.1 Å². The van der Waals surface area contributed by atoms with Crippen molar-refractivity contribution in [3.63, 3.8) is 0 Å². The van der Waals surface area contributed by atoms with Gasteiger partial charge in [-0.15, -0.1) is 10.2 Å². The van der Waals surface area contributed by atoms with Gasteiger partial charge in [0, 0.05) is 18.4 Å². The van der Waals surface area contributed by atoms with E-state index in [1.165, 1.54) is 12.8 Å². The maximum Gasteiger partial charge on any atom is 0.230 e. The first-order valence-corrected chi connectivity index (χ1v) is 8.75. The number of likely N-dealkylation sites (tertiary alicyclic amines) is 1. The Morgan fingerprint density at radius 3 is 2.79 bits per heavy atom. The van der Waals surface area contributed by atoms with E-state index in [0.29, 0.717) is 11.8 Å². The second-order valence-electron chi connectivity index (χ2n) is 6.90. The molecule has 0 spiro atoms. The van der Waals surface area contributed by atoms with Gasteiger partial charge in [0.25, 0.3) is 0 Å². The number of benzene rings is 1. The molecule has 1 saturated carbocycles. The Kier molecular flexibility index (Phi) is 3.36. The van der Waals surface area contributed by atoms with E-state index in [1.54, 1.807) is 0 Å². The normalized spacial score (nSPS) is 22.2. The van der Waals surface area contributed by atoms with Crippen molar-refractivity contribution in [2.24, 2.45) is 0 Å². The molecular weight excluding hydrogens is 304 g/mol. The molecule has 0 amide bonds. The van der Waals surface area contributed by atoms with Crippen LogP contribution in [0.4, 0.5) is 0 Å². The third-order valence-corrected chi connectivity index (χ3v) is 4.93. The maximum absolute atomic E-state index is 5.96. The zero-order valence-corrected chi connectivity index (χ0v) is 13.5. The summed E-state index contributed by atoms with van der Waals surface area (Å²) in [5.41, 5.74) is 1.81. The van der Waals surface area contributed by atoms with Crippen LogP contribution in [0.5, 0.6) is 0 Å². The van der Waals surface area contributed by atoms with E-state index < -0.39 is 0 Å². The molecule has 0 radical (unpaired) electrons. The van der Waals surface area contributed by atoms with Crippen LogP contribution in [0.3, 0.4) is 0 Å². The summed E-state index contributed by atoms with van der Waals surface area (Å²) in [6, 6.07) is 7.96. The van der Waals surface area contributed by atoms with Crippen LogP contribution in [0.15, 0.2) is 33.1 Å². The van der Waals surface area contributed by atoms with E-state index in [9.17, 15) is 0 Å². The molecule has 124 valence electrons. The van der Waals surface area contributed by atoms with Crippen LogP contribution in [0.2, 0.25) is 0 Å². The molecule has 24 heavy (non-hydrogen) atoms. The number of para-hydroxylation sites is 2. The number of fused-ring (bicyclic) bond motifs is 1. The van der Waals surface area contributed by atoms with Crippen LogP contribution in [0, 0.1) is 0 Å². The van der Waals surface area contributed by atoms with Gasteiger partial charge >= 0.3 is 0 Å². The molecule has 6 heteroatoms. The minimum absolute atomic E-state index is 0.331. The van der Waals surface area contributed by atoms with Gasteiger partial charge in [-0.1, -0.05) is 12.1 Å². The SMILES string of the molecule is c1ccc2oc([C@H]3CCCN(Cc4nnc(C5CC5)o4)C3)nc2c1. The third kappa shape index (κ3) is 2.71. The number of rotatable bonds is 4. The summed E-state index contributed by atoms with van der Waals surface area (Å²) >= 11 is 0. The van der Waals surface area contributed by atoms with E-state index in [1.807, 2.05) is 24.3 Å². The Balaban J connectivity index is 1.30. The first-order valence-electron chi connectivity index (χ1n) is 8.75. The number of oxazole rings is 1. The van der Waals surface area contributed by atoms with Gasteiger partial charge in [0.15, 0.2) is 11.5 Å². The summed E-state index contributed by atoms with van der Waals surface area (Å²) in [5, 5.41) is 8.38. The molecular formula is C18H20N4O2. The molecule has 1 aromatic carbocycles. The van der Waals surface area contributed by atoms with E-state index in [0.717, 1.165) is 61.2 Å². The van der Waals surface area contributed by atoms with Crippen molar-refractivity contribution in [2.75, 3.05) is 13.1 Å². The van der Waals surface area contributed by atoms with Crippen LogP contribution < -0.4 is 0 Å². The summed E-state index contributed by atoms with van der Waals surface area (Å²) in [6.07, 6.45) is 4.61. The molecule has 1 aliphatic heterocycles. The summed E-state index contributed by atoms with van der Waals surface area (Å²) in [5.74, 6) is 3.25. The molecule has 2 aliphatic rings. The van der Waals surface area contributed by atoms with Gasteiger partial charge in [-0.3, -0.25) is 4.90 Å². The number of nitrogens with zero attached hydrogens (tertiary/aromatic N) is 4. The van der Waals surface area contributed by atoms with Gasteiger partial charge in [0.1, 0.15) is 5.52 Å². The smallest absolute Gasteiger partial charge is 0.230 e. The molecule has 5 rings (SSSR count). The number of hydrogen-bond acceptors (Lipinski definition) is 6. The van der Waals surface area contributed by atoms with Crippen molar-refractivity contribution in [3.05, 3.63) is 41.9 Å². The summed E-state index contributed by atoms with van der Waals surface area (Å²) in [4.78, 5) is 7.04. The second-order valence-corrected chi connectivity index (χ2v) is 6.90. The zero-order valence-electron chi connectivity index (χ0n) is 13.5. The third-order valence-electron chi connectivity index (χ3n) is 4.93. The lowest BCUT2D eigenvalue weighted by atomic mass is 9.98. The Labute approximate surface area is 139 Å². The molecule has 0 unspecified atom stereocenters. The molecule has 0 bridgehead atoms. The van der Waals surface area contributed by atoms with Crippen LogP contribution in [-0.2, 0) is 6.54 Å². The summed E-state index contributed by atoms with van der Waals surface area (Å²) < 4.78 is 11.8. The summed E-state index contributed by atoms with van der Waals surface area (Å²) in [7, 11) is 0. The predicted octanol–water partition coefficient (Wildman–Crippen LogP) is 3.47. The Morgan fingerprint density at radius 2 is 1.92 bits per heavy atom. The minimum atomic E-state index is 0.331. The van der Waals surface area contributed by atoms with E-state index in [4.69, 9.17) is 8.83 Å². The second kappa shape index (κ2) is 5.70. The van der Waals surface area contributed by atoms with E-state index >= 15 is 0 Å². The Morgan fingerprint density at radius 1 is 1.00 bits per heavy atom. The largest absolute Gasteiger partial charge is 0.440 e. The van der Waals surface area contributed by atoms with Crippen LogP contribution >= 0.6 is 0 Å². The number of piperidine rings is 1. The molecule has 1 atom stereocenters. The summed E-state index contributed by atoms with van der Waals surface area (Å²) in [6.45, 7) is 2.70. The molecule has 3 heterocycles. The fourth-order valence-corrected chi connectivity index (χ4v) is 3.48. The predicted molar refractivity (Wildman–Crippen MR) is 87.5 cm³/mol. The van der Waals surface area contributed by atoms with Crippen molar-refractivity contribution in [3.8, 4) is 0 Å². The lowest BCUT2D eigenvalue weighted by Gasteiger charge is -2.29. The van der Waals surface area contributed by atoms with Crippen molar-refractivity contribution in [1.82, 2.24) is 20.1 Å². The molecule has 3 aromatic rings. The van der Waals surface area contributed by atoms with E-state index in [2.05, 4.69) is 20.1 Å². The van der Waals surface area contributed by atoms with Crippen LogP contribution in [0.1, 0.15) is 55.2 Å². The maximum atomic E-state index is 5.96. The Hall–Kier alpha value is -2.21. The lowest BCUT2D eigenvalue weighted by molar-refractivity contribution is 0.171. The highest BCUT2D eigenvalue weighted by Gasteiger charge is 2.30. The van der Waals surface area contributed by atoms with Gasteiger partial charge < -0.3 is 8.83 Å². The molecule has 2 aromatic heterocycles. The monoisotopic (exact) mass is 324 g/mol. The molecule has 6 nitrogen and oxygen atoms in total. The average Bonchev–Trinajstić information content (AvgIpc) is 3.20. The Bertz CT molecular complexity index is 818. The van der Waals surface area contributed by atoms with Gasteiger partial charge in [0.2, 0.25) is 11.8 Å². The molecule has 1 saturated heterocycles. The van der Waals surface area contributed by atoms with Crippen LogP contribution in [-0.4, -0.2) is 33.2 Å². The lowest BCUT2D eigenvalue weighted by Crippen LogP contribution is -2.34. The first kappa shape index (κ1) is 14.2. The standard InChI is InChI=1S/C18H20N4O2/c1-2-6-15-14(5-1)19-17(23-15)13-4-3-9-22(10-13)11-16-20-21-18(24-16)12-7-8-12/h1-2,5-6,12-13H,3-4,7-11H2/t13-/m0/s1. The van der Waals surface area contributed by atoms with Crippen molar-refractivity contribution in [2.45, 2.75) is 44.1 Å². The molecule has 1 aliphatic carbocycles. The number of aromatic nitrogens is 3. The zero-order chi connectivity index (χ0) is 15.9. The van der Waals surface area contributed by atoms with Gasteiger partial charge in [-0.25, -0.2) is 4.98 Å². The van der Waals surface area contributed by atoms with E-state index in [-0.39, 0.29) is 0 Å². The topological polar surface area (TPSA) is 68.2 Å². The average molecular weight is 324 g/mol. The highest BCUT2D eigenvalue weighted by atomic mass is 16.4. The fourth-order valence-electron chi connectivity index (χ4n) is 3.48. The molecule has 2 fully saturated rings. The van der Waals surface area contributed by atoms with Crippen molar-refractivity contribution in [1.29, 1.82) is 0 Å². The van der Waals surface area contributed by atoms with Gasteiger partial charge in [-0.05, 0) is 44.4 Å². The van der Waals surface area contributed by atoms with Crippen molar-refractivity contribution < 1.29 is 8.83 Å². The highest BCUT2D eigenvalue weighted by molar-refractivity contribution is 5.72.